The van der Waals surface area contributed by atoms with Crippen molar-refractivity contribution >= 4 is 11.8 Å². The molecule has 0 bridgehead atoms. The molecule has 0 radical (unpaired) electrons. The molecule has 1 aromatic rings. The Labute approximate surface area is 95.6 Å². The lowest BCUT2D eigenvalue weighted by Gasteiger charge is -2.14. The van der Waals surface area contributed by atoms with Crippen LogP contribution in [0.25, 0.3) is 0 Å². The summed E-state index contributed by atoms with van der Waals surface area (Å²) in [6.07, 6.45) is 9.33. The molecule has 0 aliphatic rings. The summed E-state index contributed by atoms with van der Waals surface area (Å²) in [5, 5.41) is 4.14. The highest BCUT2D eigenvalue weighted by molar-refractivity contribution is 7.98. The van der Waals surface area contributed by atoms with E-state index in [1.165, 1.54) is 5.56 Å². The highest BCUT2D eigenvalue weighted by Crippen LogP contribution is 2.08. The van der Waals surface area contributed by atoms with E-state index in [1.807, 2.05) is 29.7 Å². The smallest absolute Gasteiger partial charge is 0.0521 e. The van der Waals surface area contributed by atoms with Gasteiger partial charge in [0.2, 0.25) is 0 Å². The summed E-state index contributed by atoms with van der Waals surface area (Å²) in [5.41, 5.74) is 4.15. The summed E-state index contributed by atoms with van der Waals surface area (Å²) < 4.78 is 1.84. The molecule has 0 aromatic carbocycles. The van der Waals surface area contributed by atoms with Crippen LogP contribution in [0.4, 0.5) is 0 Å². The molecular weight excluding hydrogens is 208 g/mol. The number of aromatic nitrogens is 2. The summed E-state index contributed by atoms with van der Waals surface area (Å²) in [6.45, 7) is 0. The lowest BCUT2D eigenvalue weighted by Crippen LogP contribution is -2.35. The molecular formula is C10H20N4S. The number of thioether (sulfide) groups is 1. The van der Waals surface area contributed by atoms with E-state index in [1.54, 1.807) is 0 Å². The number of nitrogens with zero attached hydrogens (tertiary/aromatic N) is 2. The van der Waals surface area contributed by atoms with Crippen LogP contribution in [0.15, 0.2) is 12.4 Å². The maximum absolute atomic E-state index is 5.50. The zero-order chi connectivity index (χ0) is 11.1. The van der Waals surface area contributed by atoms with E-state index < -0.39 is 0 Å². The zero-order valence-corrected chi connectivity index (χ0v) is 10.3. The lowest BCUT2D eigenvalue weighted by molar-refractivity contribution is 0.484. The van der Waals surface area contributed by atoms with Crippen molar-refractivity contribution in [3.63, 3.8) is 0 Å². The van der Waals surface area contributed by atoms with Crippen LogP contribution in [-0.4, -0.2) is 27.8 Å². The average molecular weight is 228 g/mol. The van der Waals surface area contributed by atoms with E-state index in [9.17, 15) is 0 Å². The third-order valence-corrected chi connectivity index (χ3v) is 3.09. The number of hydrogen-bond donors (Lipinski definition) is 2. The Bertz CT molecular complexity index is 274. The molecule has 0 spiro atoms. The zero-order valence-electron chi connectivity index (χ0n) is 9.44. The summed E-state index contributed by atoms with van der Waals surface area (Å²) in [4.78, 5) is 0. The SMILES string of the molecule is CSCCC(CCc1cnn(C)c1)NN. The van der Waals surface area contributed by atoms with Crippen LogP contribution >= 0.6 is 11.8 Å². The maximum Gasteiger partial charge on any atom is 0.0521 e. The molecule has 1 rings (SSSR count). The number of rotatable bonds is 7. The molecule has 0 saturated heterocycles. The second-order valence-corrected chi connectivity index (χ2v) is 4.69. The molecule has 1 heterocycles. The van der Waals surface area contributed by atoms with Gasteiger partial charge in [-0.2, -0.15) is 16.9 Å². The minimum atomic E-state index is 0.414. The number of aryl methyl sites for hydroxylation is 2. The summed E-state index contributed by atoms with van der Waals surface area (Å²) in [6, 6.07) is 0.414. The molecule has 0 aliphatic heterocycles. The third kappa shape index (κ3) is 4.68. The summed E-state index contributed by atoms with van der Waals surface area (Å²) in [7, 11) is 1.94. The number of hydrogen-bond acceptors (Lipinski definition) is 4. The van der Waals surface area contributed by atoms with Crippen LogP contribution in [0, 0.1) is 0 Å². The molecule has 3 N–H and O–H groups in total. The number of nitrogens with one attached hydrogen (secondary N) is 1. The van der Waals surface area contributed by atoms with Crippen molar-refractivity contribution < 1.29 is 0 Å². The van der Waals surface area contributed by atoms with Gasteiger partial charge < -0.3 is 0 Å². The molecule has 0 fully saturated rings. The topological polar surface area (TPSA) is 55.9 Å². The first kappa shape index (κ1) is 12.5. The second-order valence-electron chi connectivity index (χ2n) is 3.71. The van der Waals surface area contributed by atoms with Crippen LogP contribution < -0.4 is 11.3 Å². The Balaban J connectivity index is 2.27. The van der Waals surface area contributed by atoms with Gasteiger partial charge in [0.25, 0.3) is 0 Å². The van der Waals surface area contributed by atoms with Gasteiger partial charge in [-0.05, 0) is 36.8 Å². The molecule has 0 amide bonds. The quantitative estimate of drug-likeness (QED) is 0.538. The van der Waals surface area contributed by atoms with Gasteiger partial charge >= 0.3 is 0 Å². The van der Waals surface area contributed by atoms with E-state index >= 15 is 0 Å². The van der Waals surface area contributed by atoms with Gasteiger partial charge in [0.1, 0.15) is 0 Å². The molecule has 1 atom stereocenters. The number of nitrogens with two attached hydrogens (primary N) is 1. The van der Waals surface area contributed by atoms with Crippen LogP contribution in [0.1, 0.15) is 18.4 Å². The molecule has 4 nitrogen and oxygen atoms in total. The first-order valence-corrected chi connectivity index (χ1v) is 6.58. The van der Waals surface area contributed by atoms with Gasteiger partial charge in [-0.25, -0.2) is 0 Å². The maximum atomic E-state index is 5.50. The van der Waals surface area contributed by atoms with Crippen LogP contribution in [-0.2, 0) is 13.5 Å². The summed E-state index contributed by atoms with van der Waals surface area (Å²) in [5.74, 6) is 6.66. The largest absolute Gasteiger partial charge is 0.276 e. The van der Waals surface area contributed by atoms with Crippen molar-refractivity contribution in [3.05, 3.63) is 18.0 Å². The number of hydrazine groups is 1. The molecule has 1 unspecified atom stereocenters. The van der Waals surface area contributed by atoms with E-state index in [0.717, 1.165) is 25.0 Å². The van der Waals surface area contributed by atoms with Crippen LogP contribution in [0.2, 0.25) is 0 Å². The third-order valence-electron chi connectivity index (χ3n) is 2.45. The fourth-order valence-corrected chi connectivity index (χ4v) is 2.03. The Hall–Kier alpha value is -0.520. The Morgan fingerprint density at radius 2 is 2.40 bits per heavy atom. The van der Waals surface area contributed by atoms with Crippen molar-refractivity contribution in [3.8, 4) is 0 Å². The molecule has 86 valence electrons. The Morgan fingerprint density at radius 3 is 2.93 bits per heavy atom. The Morgan fingerprint density at radius 1 is 1.60 bits per heavy atom. The van der Waals surface area contributed by atoms with E-state index in [0.29, 0.717) is 6.04 Å². The molecule has 15 heavy (non-hydrogen) atoms. The molecule has 1 aromatic heterocycles. The molecule has 5 heteroatoms. The van der Waals surface area contributed by atoms with Gasteiger partial charge in [0.15, 0.2) is 0 Å². The van der Waals surface area contributed by atoms with Crippen molar-refractivity contribution in [2.45, 2.75) is 25.3 Å². The highest BCUT2D eigenvalue weighted by atomic mass is 32.2. The van der Waals surface area contributed by atoms with Gasteiger partial charge in [0.05, 0.1) is 6.20 Å². The van der Waals surface area contributed by atoms with Crippen LogP contribution in [0.5, 0.6) is 0 Å². The van der Waals surface area contributed by atoms with Crippen LogP contribution in [0.3, 0.4) is 0 Å². The second kappa shape index (κ2) is 6.87. The predicted molar refractivity (Wildman–Crippen MR) is 65.6 cm³/mol. The van der Waals surface area contributed by atoms with Crippen molar-refractivity contribution in [2.75, 3.05) is 12.0 Å². The normalized spacial score (nSPS) is 13.0. The molecule has 0 aliphatic carbocycles. The van der Waals surface area contributed by atoms with Gasteiger partial charge in [-0.3, -0.25) is 16.0 Å². The lowest BCUT2D eigenvalue weighted by atomic mass is 10.1. The van der Waals surface area contributed by atoms with Gasteiger partial charge in [0, 0.05) is 19.3 Å². The minimum absolute atomic E-state index is 0.414. The minimum Gasteiger partial charge on any atom is -0.276 e. The van der Waals surface area contributed by atoms with E-state index in [-0.39, 0.29) is 0 Å². The predicted octanol–water partition coefficient (Wildman–Crippen LogP) is 0.938. The first-order chi connectivity index (χ1) is 7.26. The first-order valence-electron chi connectivity index (χ1n) is 5.19. The van der Waals surface area contributed by atoms with E-state index in [2.05, 4.69) is 23.0 Å². The average Bonchev–Trinajstić information content (AvgIpc) is 2.65. The summed E-state index contributed by atoms with van der Waals surface area (Å²) >= 11 is 1.86. The van der Waals surface area contributed by atoms with Crippen molar-refractivity contribution in [2.24, 2.45) is 12.9 Å². The van der Waals surface area contributed by atoms with Crippen molar-refractivity contribution in [1.82, 2.24) is 15.2 Å². The Kier molecular flexibility index (Phi) is 5.75. The monoisotopic (exact) mass is 228 g/mol. The molecule has 0 saturated carbocycles. The fourth-order valence-electron chi connectivity index (χ4n) is 1.51. The van der Waals surface area contributed by atoms with Gasteiger partial charge in [-0.15, -0.1) is 0 Å². The standard InChI is InChI=1S/C10H20N4S/c1-14-8-9(7-12-14)3-4-10(13-11)5-6-15-2/h7-8,10,13H,3-6,11H2,1-2H3. The fraction of sp³-hybridized carbons (Fsp3) is 0.700. The highest BCUT2D eigenvalue weighted by Gasteiger charge is 2.06. The van der Waals surface area contributed by atoms with Crippen molar-refractivity contribution in [1.29, 1.82) is 0 Å². The van der Waals surface area contributed by atoms with E-state index in [4.69, 9.17) is 5.84 Å². The van der Waals surface area contributed by atoms with Gasteiger partial charge in [-0.1, -0.05) is 0 Å².